The molecule has 2 aromatic rings. The maximum Gasteiger partial charge on any atom is -0.00685 e. The minimum atomic E-state index is 0.486. The molecule has 2 aromatic carbocycles. The van der Waals surface area contributed by atoms with Crippen molar-refractivity contribution in [3.05, 3.63) is 47.0 Å². The van der Waals surface area contributed by atoms with Crippen LogP contribution < -0.4 is 0 Å². The lowest BCUT2D eigenvalue weighted by Crippen LogP contribution is -2.01. The first kappa shape index (κ1) is 8.81. The highest BCUT2D eigenvalue weighted by Crippen LogP contribution is 2.50. The summed E-state index contributed by atoms with van der Waals surface area (Å²) >= 11 is 0. The van der Waals surface area contributed by atoms with Crippen LogP contribution in [0.2, 0.25) is 0 Å². The van der Waals surface area contributed by atoms with E-state index in [1.807, 2.05) is 0 Å². The number of hydrogen-bond acceptors (Lipinski definition) is 0. The zero-order valence-corrected chi connectivity index (χ0v) is 9.72. The molecule has 4 rings (SSSR count). The monoisotopic (exact) mass is 208 g/mol. The molecule has 0 atom stereocenters. The molecule has 0 saturated heterocycles. The molecule has 0 radical (unpaired) electrons. The zero-order chi connectivity index (χ0) is 10.8. The molecule has 0 bridgehead atoms. The van der Waals surface area contributed by atoms with E-state index in [0.29, 0.717) is 5.41 Å². The van der Waals surface area contributed by atoms with E-state index in [1.54, 1.807) is 22.1 Å². The van der Waals surface area contributed by atoms with E-state index in [2.05, 4.69) is 37.3 Å². The van der Waals surface area contributed by atoms with Crippen LogP contribution in [0.3, 0.4) is 0 Å². The average Bonchev–Trinajstić information content (AvgIpc) is 2.90. The highest BCUT2D eigenvalue weighted by molar-refractivity contribution is 5.94. The van der Waals surface area contributed by atoms with Crippen molar-refractivity contribution in [2.45, 2.75) is 38.0 Å². The molecular weight excluding hydrogens is 192 g/mol. The molecule has 16 heavy (non-hydrogen) atoms. The average molecular weight is 208 g/mol. The van der Waals surface area contributed by atoms with Gasteiger partial charge in [-0.05, 0) is 58.6 Å². The summed E-state index contributed by atoms with van der Waals surface area (Å²) in [5, 5.41) is 3.11. The van der Waals surface area contributed by atoms with Crippen molar-refractivity contribution in [2.24, 2.45) is 0 Å². The molecule has 0 heteroatoms. The van der Waals surface area contributed by atoms with Crippen LogP contribution in [0.15, 0.2) is 30.3 Å². The summed E-state index contributed by atoms with van der Waals surface area (Å²) in [6, 6.07) is 11.6. The molecule has 0 unspecified atom stereocenters. The lowest BCUT2D eigenvalue weighted by atomic mass is 9.90. The van der Waals surface area contributed by atoms with Crippen molar-refractivity contribution in [3.63, 3.8) is 0 Å². The second-order valence-electron chi connectivity index (χ2n) is 5.67. The number of aryl methyl sites for hydroxylation is 2. The van der Waals surface area contributed by atoms with Gasteiger partial charge in [0.05, 0.1) is 0 Å². The fourth-order valence-corrected chi connectivity index (χ4v) is 3.23. The van der Waals surface area contributed by atoms with Gasteiger partial charge in [-0.3, -0.25) is 0 Å². The van der Waals surface area contributed by atoms with Crippen molar-refractivity contribution in [1.29, 1.82) is 0 Å². The number of rotatable bonds is 1. The fourth-order valence-electron chi connectivity index (χ4n) is 3.23. The van der Waals surface area contributed by atoms with Crippen LogP contribution in [0.1, 0.15) is 36.5 Å². The molecule has 1 fully saturated rings. The summed E-state index contributed by atoms with van der Waals surface area (Å²) in [4.78, 5) is 0. The Morgan fingerprint density at radius 2 is 1.69 bits per heavy atom. The highest BCUT2D eigenvalue weighted by Gasteiger charge is 2.40. The molecule has 1 saturated carbocycles. The van der Waals surface area contributed by atoms with Gasteiger partial charge in [0.2, 0.25) is 0 Å². The Morgan fingerprint density at radius 3 is 2.44 bits per heavy atom. The maximum absolute atomic E-state index is 2.41. The number of hydrogen-bond donors (Lipinski definition) is 0. The third-order valence-corrected chi connectivity index (χ3v) is 4.53. The van der Waals surface area contributed by atoms with Gasteiger partial charge in [-0.2, -0.15) is 0 Å². The van der Waals surface area contributed by atoms with Crippen LogP contribution in [0, 0.1) is 0 Å². The van der Waals surface area contributed by atoms with Crippen LogP contribution >= 0.6 is 0 Å². The van der Waals surface area contributed by atoms with Gasteiger partial charge in [-0.25, -0.2) is 0 Å². The third-order valence-electron chi connectivity index (χ3n) is 4.53. The smallest absolute Gasteiger partial charge is 0.00685 e. The van der Waals surface area contributed by atoms with Crippen LogP contribution in [-0.2, 0) is 18.3 Å². The van der Waals surface area contributed by atoms with Crippen molar-refractivity contribution < 1.29 is 0 Å². The number of benzene rings is 2. The topological polar surface area (TPSA) is 0 Å². The predicted molar refractivity (Wildman–Crippen MR) is 67.9 cm³/mol. The van der Waals surface area contributed by atoms with Gasteiger partial charge >= 0.3 is 0 Å². The summed E-state index contributed by atoms with van der Waals surface area (Å²) in [6.45, 7) is 2.41. The molecule has 80 valence electrons. The van der Waals surface area contributed by atoms with Crippen molar-refractivity contribution in [2.75, 3.05) is 0 Å². The minimum absolute atomic E-state index is 0.486. The van der Waals surface area contributed by atoms with E-state index in [9.17, 15) is 0 Å². The second-order valence-corrected chi connectivity index (χ2v) is 5.67. The van der Waals surface area contributed by atoms with Crippen molar-refractivity contribution in [3.8, 4) is 0 Å². The lowest BCUT2D eigenvalue weighted by molar-refractivity contribution is 0.796. The van der Waals surface area contributed by atoms with Crippen LogP contribution in [0.4, 0.5) is 0 Å². The predicted octanol–water partition coefficient (Wildman–Crippen LogP) is 3.99. The van der Waals surface area contributed by atoms with Gasteiger partial charge in [0, 0.05) is 0 Å². The summed E-state index contributed by atoms with van der Waals surface area (Å²) in [5.41, 5.74) is 5.21. The fraction of sp³-hybridized carbons (Fsp3) is 0.375. The molecule has 0 spiro atoms. The Hall–Kier alpha value is -1.30. The molecule has 0 aromatic heterocycles. The molecule has 0 amide bonds. The maximum atomic E-state index is 2.41. The summed E-state index contributed by atoms with van der Waals surface area (Å²) in [7, 11) is 0. The quantitative estimate of drug-likeness (QED) is 0.664. The zero-order valence-electron chi connectivity index (χ0n) is 9.72. The van der Waals surface area contributed by atoms with E-state index in [4.69, 9.17) is 0 Å². The molecule has 0 N–H and O–H groups in total. The van der Waals surface area contributed by atoms with Gasteiger partial charge in [0.15, 0.2) is 0 Å². The van der Waals surface area contributed by atoms with E-state index in [-0.39, 0.29) is 0 Å². The second kappa shape index (κ2) is 2.68. The molecule has 2 aliphatic rings. The SMILES string of the molecule is CC1(c2ccc3c4c(cccc24)CC3)CC1. The molecule has 0 heterocycles. The molecular formula is C16H16. The van der Waals surface area contributed by atoms with Crippen LogP contribution in [0.25, 0.3) is 10.8 Å². The Labute approximate surface area is 96.3 Å². The highest BCUT2D eigenvalue weighted by atomic mass is 14.4. The Morgan fingerprint density at radius 1 is 0.938 bits per heavy atom. The standard InChI is InChI=1S/C16H16/c1-16(9-10-16)14-8-7-12-6-5-11-3-2-4-13(14)15(11)12/h2-4,7-8H,5-6,9-10H2,1H3. The summed E-state index contributed by atoms with van der Waals surface area (Å²) < 4.78 is 0. The van der Waals surface area contributed by atoms with Gasteiger partial charge < -0.3 is 0 Å². The first-order valence-electron chi connectivity index (χ1n) is 6.32. The molecule has 0 aliphatic heterocycles. The largest absolute Gasteiger partial charge is 0.0613 e. The Kier molecular flexibility index (Phi) is 1.48. The van der Waals surface area contributed by atoms with E-state index in [0.717, 1.165) is 0 Å². The van der Waals surface area contributed by atoms with Gasteiger partial charge in [0.25, 0.3) is 0 Å². The van der Waals surface area contributed by atoms with Crippen molar-refractivity contribution >= 4 is 10.8 Å². The Balaban J connectivity index is 2.13. The summed E-state index contributed by atoms with van der Waals surface area (Å²) in [6.07, 6.45) is 5.22. The minimum Gasteiger partial charge on any atom is -0.0613 e. The molecule has 2 aliphatic carbocycles. The normalized spacial score (nSPS) is 20.3. The first-order chi connectivity index (χ1) is 7.78. The summed E-state index contributed by atoms with van der Waals surface area (Å²) in [5.74, 6) is 0. The molecule has 0 nitrogen and oxygen atoms in total. The first-order valence-corrected chi connectivity index (χ1v) is 6.32. The third kappa shape index (κ3) is 1.000. The lowest BCUT2D eigenvalue weighted by Gasteiger charge is -2.14. The van der Waals surface area contributed by atoms with Gasteiger partial charge in [-0.15, -0.1) is 0 Å². The van der Waals surface area contributed by atoms with Crippen molar-refractivity contribution in [1.82, 2.24) is 0 Å². The van der Waals surface area contributed by atoms with Gasteiger partial charge in [0.1, 0.15) is 0 Å². The van der Waals surface area contributed by atoms with Crippen LogP contribution in [-0.4, -0.2) is 0 Å². The van der Waals surface area contributed by atoms with E-state index >= 15 is 0 Å². The van der Waals surface area contributed by atoms with Crippen LogP contribution in [0.5, 0.6) is 0 Å². The Bertz CT molecular complexity index is 578. The van der Waals surface area contributed by atoms with E-state index < -0.39 is 0 Å². The van der Waals surface area contributed by atoms with E-state index in [1.165, 1.54) is 31.1 Å². The van der Waals surface area contributed by atoms with Gasteiger partial charge in [-0.1, -0.05) is 37.3 Å².